The van der Waals surface area contributed by atoms with E-state index in [9.17, 15) is 13.2 Å². The average molecular weight is 446 g/mol. The first kappa shape index (κ1) is 21.6. The largest absolute Gasteiger partial charge is 0.486 e. The molecule has 1 atom stereocenters. The van der Waals surface area contributed by atoms with Crippen molar-refractivity contribution < 1.29 is 22.7 Å². The van der Waals surface area contributed by atoms with Crippen molar-refractivity contribution in [3.05, 3.63) is 54.1 Å². The van der Waals surface area contributed by atoms with Crippen molar-refractivity contribution in [1.29, 1.82) is 0 Å². The van der Waals surface area contributed by atoms with Gasteiger partial charge in [0, 0.05) is 37.9 Å². The normalized spacial score (nSPS) is 18.4. The van der Waals surface area contributed by atoms with Crippen LogP contribution in [0.2, 0.25) is 0 Å². The number of benzene rings is 2. The Balaban J connectivity index is 1.31. The second-order valence-corrected chi connectivity index (χ2v) is 9.67. The molecule has 2 aromatic carbocycles. The van der Waals surface area contributed by atoms with Gasteiger partial charge >= 0.3 is 0 Å². The number of fused-ring (bicyclic) bond motifs is 1. The summed E-state index contributed by atoms with van der Waals surface area (Å²) in [5.74, 6) is 1.14. The van der Waals surface area contributed by atoms with Gasteiger partial charge in [0.25, 0.3) is 0 Å². The van der Waals surface area contributed by atoms with Crippen LogP contribution in [0.1, 0.15) is 12.5 Å². The molecule has 2 aliphatic rings. The van der Waals surface area contributed by atoms with Gasteiger partial charge in [-0.1, -0.05) is 30.3 Å². The monoisotopic (exact) mass is 445 g/mol. The quantitative estimate of drug-likeness (QED) is 0.731. The summed E-state index contributed by atoms with van der Waals surface area (Å²) >= 11 is 0. The smallest absolute Gasteiger partial charge is 0.241 e. The molecule has 1 saturated heterocycles. The number of hydrogen-bond donors (Lipinski definition) is 1. The molecule has 0 unspecified atom stereocenters. The summed E-state index contributed by atoms with van der Waals surface area (Å²) in [4.78, 5) is 14.7. The lowest BCUT2D eigenvalue weighted by molar-refractivity contribution is -0.121. The van der Waals surface area contributed by atoms with Crippen LogP contribution in [0.3, 0.4) is 0 Å². The number of nitrogens with one attached hydrogen (secondary N) is 1. The van der Waals surface area contributed by atoms with E-state index in [0.29, 0.717) is 56.6 Å². The van der Waals surface area contributed by atoms with Gasteiger partial charge in [0.2, 0.25) is 15.9 Å². The van der Waals surface area contributed by atoms with Crippen LogP contribution in [-0.2, 0) is 20.6 Å². The van der Waals surface area contributed by atoms with Crippen LogP contribution in [0, 0.1) is 0 Å². The molecule has 166 valence electrons. The van der Waals surface area contributed by atoms with E-state index in [2.05, 4.69) is 5.32 Å². The summed E-state index contributed by atoms with van der Waals surface area (Å²) < 4.78 is 38.0. The Labute approximate surface area is 182 Å². The summed E-state index contributed by atoms with van der Waals surface area (Å²) in [6.07, 6.45) is 0. The van der Waals surface area contributed by atoms with Gasteiger partial charge in [0.15, 0.2) is 11.5 Å². The number of anilines is 1. The van der Waals surface area contributed by atoms with E-state index in [1.165, 1.54) is 4.31 Å². The number of rotatable bonds is 6. The number of ether oxygens (including phenoxy) is 2. The first-order valence-corrected chi connectivity index (χ1v) is 12.0. The van der Waals surface area contributed by atoms with Crippen LogP contribution in [0.4, 0.5) is 5.69 Å². The zero-order valence-corrected chi connectivity index (χ0v) is 18.3. The Morgan fingerprint density at radius 1 is 1.00 bits per heavy atom. The lowest BCUT2D eigenvalue weighted by atomic mass is 10.2. The molecule has 4 rings (SSSR count). The van der Waals surface area contributed by atoms with Gasteiger partial charge in [-0.15, -0.1) is 0 Å². The van der Waals surface area contributed by atoms with Crippen molar-refractivity contribution in [2.75, 3.05) is 44.7 Å². The molecule has 2 aliphatic heterocycles. The SMILES string of the molecule is C[C@@H](C(=O)Nc1ccc2c(c1)OCCO2)N1CCN(S(=O)(=O)Cc2ccccc2)CC1. The number of carbonyl (C=O) groups excluding carboxylic acids is 1. The summed E-state index contributed by atoms with van der Waals surface area (Å²) in [5.41, 5.74) is 1.42. The third kappa shape index (κ3) is 5.17. The molecule has 1 amide bonds. The molecule has 0 radical (unpaired) electrons. The Morgan fingerprint density at radius 3 is 2.39 bits per heavy atom. The highest BCUT2D eigenvalue weighted by Crippen LogP contribution is 2.32. The van der Waals surface area contributed by atoms with Gasteiger partial charge in [-0.3, -0.25) is 9.69 Å². The van der Waals surface area contributed by atoms with Gasteiger partial charge in [-0.2, -0.15) is 4.31 Å². The molecule has 8 nitrogen and oxygen atoms in total. The number of amides is 1. The van der Waals surface area contributed by atoms with E-state index in [0.717, 1.165) is 5.56 Å². The van der Waals surface area contributed by atoms with Gasteiger partial charge < -0.3 is 14.8 Å². The first-order chi connectivity index (χ1) is 14.9. The molecule has 0 bridgehead atoms. The zero-order valence-electron chi connectivity index (χ0n) is 17.5. The van der Waals surface area contributed by atoms with Crippen LogP contribution < -0.4 is 14.8 Å². The number of hydrogen-bond acceptors (Lipinski definition) is 6. The minimum absolute atomic E-state index is 0.00596. The maximum Gasteiger partial charge on any atom is 0.241 e. The van der Waals surface area contributed by atoms with E-state index in [-0.39, 0.29) is 17.7 Å². The summed E-state index contributed by atoms with van der Waals surface area (Å²) in [5, 5.41) is 2.92. The Hall–Kier alpha value is -2.62. The molecule has 1 fully saturated rings. The van der Waals surface area contributed by atoms with Crippen LogP contribution in [0.5, 0.6) is 11.5 Å². The van der Waals surface area contributed by atoms with Crippen molar-refractivity contribution in [3.8, 4) is 11.5 Å². The Bertz CT molecular complexity index is 1020. The van der Waals surface area contributed by atoms with E-state index in [1.807, 2.05) is 42.2 Å². The predicted molar refractivity (Wildman–Crippen MR) is 118 cm³/mol. The topological polar surface area (TPSA) is 88.2 Å². The van der Waals surface area contributed by atoms with Crippen LogP contribution in [0.25, 0.3) is 0 Å². The Morgan fingerprint density at radius 2 is 1.68 bits per heavy atom. The fraction of sp³-hybridized carbons (Fsp3) is 0.409. The minimum Gasteiger partial charge on any atom is -0.486 e. The number of piperazine rings is 1. The molecule has 2 aromatic rings. The Kier molecular flexibility index (Phi) is 6.45. The molecular formula is C22H27N3O5S. The third-order valence-corrected chi connectivity index (χ3v) is 7.45. The highest BCUT2D eigenvalue weighted by atomic mass is 32.2. The highest BCUT2D eigenvalue weighted by molar-refractivity contribution is 7.88. The fourth-order valence-electron chi connectivity index (χ4n) is 3.78. The first-order valence-electron chi connectivity index (χ1n) is 10.4. The maximum absolute atomic E-state index is 12.7. The average Bonchev–Trinajstić information content (AvgIpc) is 2.79. The molecule has 9 heteroatoms. The highest BCUT2D eigenvalue weighted by Gasteiger charge is 2.31. The molecule has 31 heavy (non-hydrogen) atoms. The van der Waals surface area contributed by atoms with Crippen molar-refractivity contribution in [3.63, 3.8) is 0 Å². The second-order valence-electron chi connectivity index (χ2n) is 7.70. The molecule has 0 spiro atoms. The van der Waals surface area contributed by atoms with Crippen molar-refractivity contribution in [2.24, 2.45) is 0 Å². The molecule has 1 N–H and O–H groups in total. The predicted octanol–water partition coefficient (Wildman–Crippen LogP) is 1.93. The fourth-order valence-corrected chi connectivity index (χ4v) is 5.29. The number of sulfonamides is 1. The van der Waals surface area contributed by atoms with E-state index in [1.54, 1.807) is 18.2 Å². The van der Waals surface area contributed by atoms with Gasteiger partial charge in [-0.05, 0) is 24.6 Å². The van der Waals surface area contributed by atoms with E-state index < -0.39 is 10.0 Å². The lowest BCUT2D eigenvalue weighted by Gasteiger charge is -2.36. The second kappa shape index (κ2) is 9.25. The lowest BCUT2D eigenvalue weighted by Crippen LogP contribution is -2.54. The number of nitrogens with zero attached hydrogens (tertiary/aromatic N) is 2. The molecule has 0 saturated carbocycles. The van der Waals surface area contributed by atoms with Crippen LogP contribution in [0.15, 0.2) is 48.5 Å². The van der Waals surface area contributed by atoms with E-state index in [4.69, 9.17) is 9.47 Å². The van der Waals surface area contributed by atoms with Crippen LogP contribution in [-0.4, -0.2) is 69.0 Å². The van der Waals surface area contributed by atoms with Gasteiger partial charge in [-0.25, -0.2) is 8.42 Å². The molecule has 0 aliphatic carbocycles. The maximum atomic E-state index is 12.7. The standard InChI is InChI=1S/C22H27N3O5S/c1-17(22(26)23-19-7-8-20-21(15-19)30-14-13-29-20)24-9-11-25(12-10-24)31(27,28)16-18-5-3-2-4-6-18/h2-8,15,17H,9-14,16H2,1H3,(H,23,26)/t17-/m0/s1. The van der Waals surface area contributed by atoms with Crippen LogP contribution >= 0.6 is 0 Å². The summed E-state index contributed by atoms with van der Waals surface area (Å²) in [6.45, 7) is 4.59. The van der Waals surface area contributed by atoms with Gasteiger partial charge in [0.05, 0.1) is 11.8 Å². The van der Waals surface area contributed by atoms with E-state index >= 15 is 0 Å². The number of carbonyl (C=O) groups is 1. The molecule has 0 aromatic heterocycles. The van der Waals surface area contributed by atoms with Crippen molar-refractivity contribution in [1.82, 2.24) is 9.21 Å². The summed E-state index contributed by atoms with van der Waals surface area (Å²) in [6, 6.07) is 14.1. The minimum atomic E-state index is -3.38. The third-order valence-electron chi connectivity index (χ3n) is 5.60. The molecule has 2 heterocycles. The zero-order chi connectivity index (χ0) is 21.8. The van der Waals surface area contributed by atoms with Crippen molar-refractivity contribution >= 4 is 21.6 Å². The van der Waals surface area contributed by atoms with Gasteiger partial charge in [0.1, 0.15) is 13.2 Å². The molecular weight excluding hydrogens is 418 g/mol. The van der Waals surface area contributed by atoms with Crippen molar-refractivity contribution in [2.45, 2.75) is 18.7 Å². The summed E-state index contributed by atoms with van der Waals surface area (Å²) in [7, 11) is -3.38.